The van der Waals surface area contributed by atoms with E-state index >= 15 is 0 Å². The predicted octanol–water partition coefficient (Wildman–Crippen LogP) is 4.30. The fourth-order valence-corrected chi connectivity index (χ4v) is 2.28. The Labute approximate surface area is 124 Å². The molecule has 2 nitrogen and oxygen atoms in total. The minimum atomic E-state index is 0.0448. The molecule has 0 bridgehead atoms. The monoisotopic (exact) mass is 359 g/mol. The quantitative estimate of drug-likeness (QED) is 0.571. The van der Waals surface area contributed by atoms with Gasteiger partial charge in [0, 0.05) is 15.7 Å². The molecule has 1 amide bonds. The molecule has 0 aromatic heterocycles. The minimum Gasteiger partial charge on any atom is -0.352 e. The van der Waals surface area contributed by atoms with Crippen LogP contribution in [0.15, 0.2) is 18.2 Å². The van der Waals surface area contributed by atoms with Crippen molar-refractivity contribution in [1.29, 1.82) is 0 Å². The van der Waals surface area contributed by atoms with Gasteiger partial charge in [-0.25, -0.2) is 0 Å². The zero-order chi connectivity index (χ0) is 13.4. The average molecular weight is 359 g/mol. The van der Waals surface area contributed by atoms with Crippen LogP contribution in [0.25, 0.3) is 0 Å². The highest BCUT2D eigenvalue weighted by Crippen LogP contribution is 2.13. The van der Waals surface area contributed by atoms with Gasteiger partial charge >= 0.3 is 0 Å². The van der Waals surface area contributed by atoms with Crippen LogP contribution in [0.1, 0.15) is 54.9 Å². The van der Waals surface area contributed by atoms with E-state index < -0.39 is 0 Å². The van der Waals surface area contributed by atoms with E-state index in [1.807, 2.05) is 18.2 Å². The van der Waals surface area contributed by atoms with E-state index in [0.29, 0.717) is 0 Å². The van der Waals surface area contributed by atoms with Gasteiger partial charge in [-0.05, 0) is 53.6 Å². The van der Waals surface area contributed by atoms with Gasteiger partial charge in [-0.3, -0.25) is 4.79 Å². The molecule has 0 aliphatic rings. The summed E-state index contributed by atoms with van der Waals surface area (Å²) in [6, 6.07) is 5.84. The highest BCUT2D eigenvalue weighted by Gasteiger charge is 2.05. The first kappa shape index (κ1) is 15.5. The minimum absolute atomic E-state index is 0.0448. The summed E-state index contributed by atoms with van der Waals surface area (Å²) >= 11 is 2.26. The number of amides is 1. The SMILES string of the molecule is CCCCCCCNC(=O)c1ccc(C)c(I)c1. The molecular weight excluding hydrogens is 337 g/mol. The number of carbonyl (C=O) groups is 1. The van der Waals surface area contributed by atoms with Crippen molar-refractivity contribution >= 4 is 28.5 Å². The van der Waals surface area contributed by atoms with Gasteiger partial charge in [0.1, 0.15) is 0 Å². The Bertz CT molecular complexity index is 390. The molecule has 3 heteroatoms. The highest BCUT2D eigenvalue weighted by atomic mass is 127. The number of rotatable bonds is 7. The van der Waals surface area contributed by atoms with Crippen LogP contribution in [0.2, 0.25) is 0 Å². The molecule has 100 valence electrons. The Morgan fingerprint density at radius 3 is 2.61 bits per heavy atom. The number of benzene rings is 1. The maximum Gasteiger partial charge on any atom is 0.251 e. The summed E-state index contributed by atoms with van der Waals surface area (Å²) in [6.07, 6.45) is 6.11. The summed E-state index contributed by atoms with van der Waals surface area (Å²) in [5.41, 5.74) is 1.98. The van der Waals surface area contributed by atoms with Gasteiger partial charge < -0.3 is 5.32 Å². The van der Waals surface area contributed by atoms with E-state index in [4.69, 9.17) is 0 Å². The molecular formula is C15H22INO. The number of halogens is 1. The standard InChI is InChI=1S/C15H22INO/c1-3-4-5-6-7-10-17-15(18)13-9-8-12(2)14(16)11-13/h8-9,11H,3-7,10H2,1-2H3,(H,17,18). The van der Waals surface area contributed by atoms with Crippen LogP contribution in [0.4, 0.5) is 0 Å². The van der Waals surface area contributed by atoms with Gasteiger partial charge in [0.25, 0.3) is 5.91 Å². The smallest absolute Gasteiger partial charge is 0.251 e. The van der Waals surface area contributed by atoms with Crippen LogP contribution in [0, 0.1) is 10.5 Å². The fraction of sp³-hybridized carbons (Fsp3) is 0.533. The maximum absolute atomic E-state index is 11.9. The van der Waals surface area contributed by atoms with Crippen LogP contribution >= 0.6 is 22.6 Å². The molecule has 0 unspecified atom stereocenters. The second kappa shape index (κ2) is 8.51. The lowest BCUT2D eigenvalue weighted by atomic mass is 10.1. The van der Waals surface area contributed by atoms with E-state index in [0.717, 1.165) is 22.1 Å². The molecule has 1 rings (SSSR count). The Hall–Kier alpha value is -0.580. The lowest BCUT2D eigenvalue weighted by molar-refractivity contribution is 0.0953. The fourth-order valence-electron chi connectivity index (χ4n) is 1.77. The third-order valence-electron chi connectivity index (χ3n) is 3.00. The van der Waals surface area contributed by atoms with E-state index in [9.17, 15) is 4.79 Å². The molecule has 1 N–H and O–H groups in total. The van der Waals surface area contributed by atoms with Gasteiger partial charge in [0.05, 0.1) is 0 Å². The van der Waals surface area contributed by atoms with Crippen LogP contribution in [0.5, 0.6) is 0 Å². The third-order valence-corrected chi connectivity index (χ3v) is 4.16. The Morgan fingerprint density at radius 2 is 1.94 bits per heavy atom. The van der Waals surface area contributed by atoms with Crippen LogP contribution < -0.4 is 5.32 Å². The topological polar surface area (TPSA) is 29.1 Å². The molecule has 0 radical (unpaired) electrons. The molecule has 0 fully saturated rings. The predicted molar refractivity (Wildman–Crippen MR) is 85.0 cm³/mol. The number of nitrogens with one attached hydrogen (secondary N) is 1. The van der Waals surface area contributed by atoms with Crippen molar-refractivity contribution < 1.29 is 4.79 Å². The summed E-state index contributed by atoms with van der Waals surface area (Å²) in [7, 11) is 0. The van der Waals surface area contributed by atoms with E-state index in [2.05, 4.69) is 41.8 Å². The van der Waals surface area contributed by atoms with Crippen LogP contribution in [-0.2, 0) is 0 Å². The van der Waals surface area contributed by atoms with Crippen molar-refractivity contribution in [2.75, 3.05) is 6.54 Å². The Morgan fingerprint density at radius 1 is 1.22 bits per heavy atom. The first-order valence-corrected chi connectivity index (χ1v) is 7.77. The molecule has 1 aromatic carbocycles. The van der Waals surface area contributed by atoms with Crippen molar-refractivity contribution in [3.05, 3.63) is 32.9 Å². The molecule has 0 heterocycles. The van der Waals surface area contributed by atoms with E-state index in [1.165, 1.54) is 31.2 Å². The number of carbonyl (C=O) groups excluding carboxylic acids is 1. The Balaban J connectivity index is 2.30. The lowest BCUT2D eigenvalue weighted by Crippen LogP contribution is -2.24. The second-order valence-electron chi connectivity index (χ2n) is 4.63. The van der Waals surface area contributed by atoms with Crippen molar-refractivity contribution in [3.63, 3.8) is 0 Å². The van der Waals surface area contributed by atoms with Crippen LogP contribution in [-0.4, -0.2) is 12.5 Å². The molecule has 0 saturated carbocycles. The van der Waals surface area contributed by atoms with Crippen molar-refractivity contribution in [2.45, 2.75) is 46.0 Å². The number of unbranched alkanes of at least 4 members (excludes halogenated alkanes) is 4. The first-order chi connectivity index (χ1) is 8.65. The molecule has 0 saturated heterocycles. The second-order valence-corrected chi connectivity index (χ2v) is 5.80. The van der Waals surface area contributed by atoms with Gasteiger partial charge in [-0.15, -0.1) is 0 Å². The Kier molecular flexibility index (Phi) is 7.32. The molecule has 0 spiro atoms. The molecule has 0 aliphatic carbocycles. The number of hydrogen-bond acceptors (Lipinski definition) is 1. The summed E-state index contributed by atoms with van der Waals surface area (Å²) in [5, 5.41) is 2.98. The molecule has 1 aromatic rings. The summed E-state index contributed by atoms with van der Waals surface area (Å²) in [5.74, 6) is 0.0448. The highest BCUT2D eigenvalue weighted by molar-refractivity contribution is 14.1. The zero-order valence-corrected chi connectivity index (χ0v) is 13.4. The zero-order valence-electron chi connectivity index (χ0n) is 11.3. The summed E-state index contributed by atoms with van der Waals surface area (Å²) in [4.78, 5) is 11.9. The van der Waals surface area contributed by atoms with E-state index in [1.54, 1.807) is 0 Å². The largest absolute Gasteiger partial charge is 0.352 e. The van der Waals surface area contributed by atoms with Crippen molar-refractivity contribution in [1.82, 2.24) is 5.32 Å². The van der Waals surface area contributed by atoms with Gasteiger partial charge in [-0.2, -0.15) is 0 Å². The number of aryl methyl sites for hydroxylation is 1. The maximum atomic E-state index is 11.9. The first-order valence-electron chi connectivity index (χ1n) is 6.69. The van der Waals surface area contributed by atoms with Gasteiger partial charge in [0.2, 0.25) is 0 Å². The van der Waals surface area contributed by atoms with Gasteiger partial charge in [0.15, 0.2) is 0 Å². The molecule has 0 aliphatic heterocycles. The molecule has 0 atom stereocenters. The van der Waals surface area contributed by atoms with E-state index in [-0.39, 0.29) is 5.91 Å². The number of hydrogen-bond donors (Lipinski definition) is 1. The summed E-state index contributed by atoms with van der Waals surface area (Å²) < 4.78 is 1.14. The lowest BCUT2D eigenvalue weighted by Gasteiger charge is -2.06. The molecule has 18 heavy (non-hydrogen) atoms. The average Bonchev–Trinajstić information content (AvgIpc) is 2.36. The van der Waals surface area contributed by atoms with Crippen molar-refractivity contribution in [3.8, 4) is 0 Å². The summed E-state index contributed by atoms with van der Waals surface area (Å²) in [6.45, 7) is 5.05. The normalized spacial score (nSPS) is 10.4. The third kappa shape index (κ3) is 5.38. The van der Waals surface area contributed by atoms with Gasteiger partial charge in [-0.1, -0.05) is 38.7 Å². The van der Waals surface area contributed by atoms with Crippen molar-refractivity contribution in [2.24, 2.45) is 0 Å². The van der Waals surface area contributed by atoms with Crippen LogP contribution in [0.3, 0.4) is 0 Å².